The van der Waals surface area contributed by atoms with Crippen molar-refractivity contribution in [1.29, 1.82) is 0 Å². The molecule has 2 fully saturated rings. The van der Waals surface area contributed by atoms with Gasteiger partial charge < -0.3 is 19.5 Å². The second-order valence-corrected chi connectivity index (χ2v) is 22.3. The lowest BCUT2D eigenvalue weighted by Gasteiger charge is -2.64. The fourth-order valence-electron chi connectivity index (χ4n) is 13.6. The summed E-state index contributed by atoms with van der Waals surface area (Å²) >= 11 is 0. The summed E-state index contributed by atoms with van der Waals surface area (Å²) in [5.74, 6) is 0.163. The molecule has 6 aliphatic rings. The number of sulfone groups is 1. The number of aliphatic hydroxyl groups is 2. The largest absolute Gasteiger partial charge is 0.392 e. The molecule has 2 saturated carbocycles. The number of carbonyl (C=O) groups is 1. The number of nitrogens with zero attached hydrogens (tertiary/aromatic N) is 1. The number of hydrogen-bond acceptors (Lipinski definition) is 6. The molecule has 57 heavy (non-hydrogen) atoms. The van der Waals surface area contributed by atoms with E-state index in [1.54, 1.807) is 24.3 Å². The van der Waals surface area contributed by atoms with E-state index in [1.165, 1.54) is 11.3 Å². The maximum absolute atomic E-state index is 15.0. The minimum Gasteiger partial charge on any atom is -0.392 e. The third-order valence-corrected chi connectivity index (χ3v) is 17.8. The second-order valence-electron chi connectivity index (χ2n) is 20.3. The van der Waals surface area contributed by atoms with Gasteiger partial charge in [-0.05, 0) is 132 Å². The lowest BCUT2D eigenvalue weighted by Crippen LogP contribution is -2.62. The molecule has 9 rings (SSSR count). The Morgan fingerprint density at radius 3 is 2.40 bits per heavy atom. The third kappa shape index (κ3) is 5.12. The van der Waals surface area contributed by atoms with Gasteiger partial charge in [-0.2, -0.15) is 0 Å². The molecule has 302 valence electrons. The van der Waals surface area contributed by atoms with Crippen molar-refractivity contribution >= 4 is 32.1 Å². The molecule has 2 unspecified atom stereocenters. The Bertz CT molecular complexity index is 2480. The van der Waals surface area contributed by atoms with Crippen molar-refractivity contribution in [1.82, 2.24) is 4.57 Å². The van der Waals surface area contributed by atoms with Gasteiger partial charge in [0.1, 0.15) is 6.04 Å². The molecule has 3 aromatic rings. The van der Waals surface area contributed by atoms with Gasteiger partial charge in [0.15, 0.2) is 15.6 Å². The first-order valence-electron chi connectivity index (χ1n) is 20.9. The van der Waals surface area contributed by atoms with Crippen molar-refractivity contribution in [3.63, 3.8) is 0 Å². The van der Waals surface area contributed by atoms with Crippen LogP contribution in [0.2, 0.25) is 0 Å². The van der Waals surface area contributed by atoms with Crippen LogP contribution in [0, 0.1) is 28.6 Å². The zero-order valence-corrected chi connectivity index (χ0v) is 35.9. The average molecular weight is 790 g/mol. The third-order valence-electron chi connectivity index (χ3n) is 16.0. The number of aromatic nitrogens is 1. The standard InChI is InChI=1S/C49H59NO6S/c1-27(2)40-43(53)38-37-31(34-25-45(4,5)56-46(6,7)39(34)42(37)52)24-32-33-23-29-18-19-35-47(8,21-14-15-28(3)26-57(54,55)30-16-12-11-13-17-30)36(51)20-22-48(35,9)49(29,10)44(33)50(40)41(32)38/h11-17,21,24-25,29,35-36,39-40,42,51-52H,1,18-20,22-23,26H2,2-10H3/b21-14+,28-15+/t29?,35-,36-,39?,40-,42+,47-,48-,49+/m0/s1. The van der Waals surface area contributed by atoms with E-state index in [0.717, 1.165) is 64.4 Å². The van der Waals surface area contributed by atoms with E-state index in [9.17, 15) is 23.4 Å². The fourth-order valence-corrected chi connectivity index (χ4v) is 15.0. The van der Waals surface area contributed by atoms with Crippen molar-refractivity contribution < 1.29 is 28.2 Å². The molecular formula is C49H59NO6S. The van der Waals surface area contributed by atoms with E-state index in [2.05, 4.69) is 77.8 Å². The van der Waals surface area contributed by atoms with Crippen LogP contribution in [0.4, 0.5) is 0 Å². The van der Waals surface area contributed by atoms with Crippen molar-refractivity contribution in [3.05, 3.63) is 106 Å². The molecule has 0 radical (unpaired) electrons. The Balaban J connectivity index is 1.16. The van der Waals surface area contributed by atoms with Crippen LogP contribution in [0.15, 0.2) is 83.3 Å². The summed E-state index contributed by atoms with van der Waals surface area (Å²) < 4.78 is 35.2. The van der Waals surface area contributed by atoms with Gasteiger partial charge in [-0.3, -0.25) is 4.79 Å². The molecule has 4 aliphatic carbocycles. The Morgan fingerprint density at radius 2 is 1.72 bits per heavy atom. The molecule has 2 N–H and O–H groups in total. The van der Waals surface area contributed by atoms with Crippen LogP contribution in [0.3, 0.4) is 0 Å². The molecule has 9 atom stereocenters. The first-order valence-corrected chi connectivity index (χ1v) is 22.6. The molecule has 0 bridgehead atoms. The van der Waals surface area contributed by atoms with Crippen LogP contribution in [-0.4, -0.2) is 52.0 Å². The van der Waals surface area contributed by atoms with Crippen LogP contribution in [0.25, 0.3) is 16.5 Å². The van der Waals surface area contributed by atoms with Gasteiger partial charge in [0.05, 0.1) is 45.1 Å². The summed E-state index contributed by atoms with van der Waals surface area (Å²) in [7, 11) is -3.47. The number of ether oxygens (including phenoxy) is 1. The highest BCUT2D eigenvalue weighted by Gasteiger charge is 2.67. The minimum atomic E-state index is -3.47. The second kappa shape index (κ2) is 12.2. The maximum Gasteiger partial charge on any atom is 0.192 e. The van der Waals surface area contributed by atoms with Gasteiger partial charge >= 0.3 is 0 Å². The van der Waals surface area contributed by atoms with Gasteiger partial charge in [0.2, 0.25) is 0 Å². The zero-order chi connectivity index (χ0) is 41.0. The van der Waals surface area contributed by atoms with Gasteiger partial charge in [0, 0.05) is 33.4 Å². The molecule has 1 aromatic heterocycles. The Morgan fingerprint density at radius 1 is 1.02 bits per heavy atom. The maximum atomic E-state index is 15.0. The summed E-state index contributed by atoms with van der Waals surface area (Å²) in [6.07, 6.45) is 11.2. The van der Waals surface area contributed by atoms with Crippen molar-refractivity contribution in [2.24, 2.45) is 28.6 Å². The van der Waals surface area contributed by atoms with E-state index in [0.29, 0.717) is 22.8 Å². The van der Waals surface area contributed by atoms with Crippen LogP contribution in [0.5, 0.6) is 0 Å². The molecular weight excluding hydrogens is 731 g/mol. The lowest BCUT2D eigenvalue weighted by atomic mass is 9.40. The van der Waals surface area contributed by atoms with Crippen LogP contribution >= 0.6 is 0 Å². The number of allylic oxidation sites excluding steroid dienone is 3. The summed E-state index contributed by atoms with van der Waals surface area (Å²) in [6.45, 7) is 23.5. The van der Waals surface area contributed by atoms with Gasteiger partial charge in [-0.1, -0.05) is 74.9 Å². The summed E-state index contributed by atoms with van der Waals surface area (Å²) in [5, 5.41) is 25.3. The normalized spacial score (nSPS) is 36.2. The summed E-state index contributed by atoms with van der Waals surface area (Å²) in [6, 6.07) is 10.3. The fraction of sp³-hybridized carbons (Fsp3) is 0.531. The van der Waals surface area contributed by atoms with Crippen molar-refractivity contribution in [2.75, 3.05) is 5.75 Å². The number of Topliss-reactive ketones (excluding diaryl/α,β-unsaturated/α-hetero) is 1. The predicted molar refractivity (Wildman–Crippen MR) is 226 cm³/mol. The molecule has 0 spiro atoms. The van der Waals surface area contributed by atoms with E-state index >= 15 is 0 Å². The molecule has 7 nitrogen and oxygen atoms in total. The topological polar surface area (TPSA) is 106 Å². The number of hydrogen-bond donors (Lipinski definition) is 2. The lowest BCUT2D eigenvalue weighted by molar-refractivity contribution is -0.144. The number of ketones is 1. The number of rotatable bonds is 6. The molecule has 2 aromatic carbocycles. The number of aliphatic hydroxyl groups excluding tert-OH is 2. The highest BCUT2D eigenvalue weighted by Crippen LogP contribution is 2.71. The van der Waals surface area contributed by atoms with E-state index in [1.807, 2.05) is 32.1 Å². The quantitative estimate of drug-likeness (QED) is 0.191. The van der Waals surface area contributed by atoms with Crippen LogP contribution in [-0.2, 0) is 26.4 Å². The van der Waals surface area contributed by atoms with Gasteiger partial charge in [-0.25, -0.2) is 8.42 Å². The molecule has 3 heterocycles. The number of fused-ring (bicyclic) bond motifs is 11. The molecule has 2 aliphatic heterocycles. The molecule has 8 heteroatoms. The SMILES string of the molecule is C=C(C)[C@H]1C(=O)c2c3c(cc4c5c(n1c24)[C@@]1(C)C(CC[C@H]2[C@](C)(/C=C/C=C(\C)CS(=O)(=O)c4ccccc4)[C@@H](O)CC[C@@]21C)C5)C1=CC(C)(C)OC(C)(C)C1[C@@H]3O. The smallest absolute Gasteiger partial charge is 0.192 e. The Kier molecular flexibility index (Phi) is 8.37. The monoisotopic (exact) mass is 789 g/mol. The first kappa shape index (κ1) is 38.9. The van der Waals surface area contributed by atoms with Crippen LogP contribution < -0.4 is 0 Å². The number of carbonyl (C=O) groups excluding carboxylic acids is 1. The zero-order valence-electron chi connectivity index (χ0n) is 35.1. The van der Waals surface area contributed by atoms with E-state index in [4.69, 9.17) is 4.74 Å². The predicted octanol–water partition coefficient (Wildman–Crippen LogP) is 9.57. The van der Waals surface area contributed by atoms with Crippen LogP contribution in [0.1, 0.15) is 133 Å². The van der Waals surface area contributed by atoms with Gasteiger partial charge in [-0.15, -0.1) is 0 Å². The highest BCUT2D eigenvalue weighted by atomic mass is 32.2. The summed E-state index contributed by atoms with van der Waals surface area (Å²) in [5.41, 5.74) is 6.26. The van der Waals surface area contributed by atoms with Crippen molar-refractivity contribution in [2.45, 2.75) is 134 Å². The highest BCUT2D eigenvalue weighted by molar-refractivity contribution is 7.91. The average Bonchev–Trinajstić information content (AvgIpc) is 3.79. The van der Waals surface area contributed by atoms with Crippen molar-refractivity contribution in [3.8, 4) is 0 Å². The van der Waals surface area contributed by atoms with E-state index < -0.39 is 44.7 Å². The molecule has 0 saturated heterocycles. The first-order chi connectivity index (χ1) is 26.6. The Labute approximate surface area is 338 Å². The molecule has 0 amide bonds. The Hall–Kier alpha value is -3.56. The van der Waals surface area contributed by atoms with E-state index in [-0.39, 0.29) is 34.2 Å². The number of benzene rings is 2. The van der Waals surface area contributed by atoms with Gasteiger partial charge in [0.25, 0.3) is 0 Å². The minimum absolute atomic E-state index is 0.0197. The summed E-state index contributed by atoms with van der Waals surface area (Å²) in [4.78, 5) is 15.3.